The molecule has 22 heavy (non-hydrogen) atoms. The minimum absolute atomic E-state index is 0.620. The summed E-state index contributed by atoms with van der Waals surface area (Å²) in [5.74, 6) is -1.45. The fourth-order valence-electron chi connectivity index (χ4n) is 2.81. The van der Waals surface area contributed by atoms with E-state index in [9.17, 15) is 9.90 Å². The van der Waals surface area contributed by atoms with E-state index >= 15 is 0 Å². The molecule has 2 nitrogen and oxygen atoms in total. The fraction of sp³-hybridized carbons (Fsp3) is 0.105. The number of benzene rings is 2. The average molecular weight is 308 g/mol. The zero-order valence-electron chi connectivity index (χ0n) is 12.0. The van der Waals surface area contributed by atoms with Crippen molar-refractivity contribution in [2.24, 2.45) is 5.92 Å². The Balaban J connectivity index is 2.05. The van der Waals surface area contributed by atoms with Gasteiger partial charge in [-0.05, 0) is 16.7 Å². The van der Waals surface area contributed by atoms with E-state index in [1.54, 1.807) is 0 Å². The molecule has 2 aromatic carbocycles. The van der Waals surface area contributed by atoms with Gasteiger partial charge >= 0.3 is 5.97 Å². The Hall–Kier alpha value is -2.18. The fourth-order valence-corrected chi connectivity index (χ4v) is 3.33. The van der Waals surface area contributed by atoms with Gasteiger partial charge in [-0.2, -0.15) is 0 Å². The molecule has 0 spiro atoms. The predicted octanol–water partition coefficient (Wildman–Crippen LogP) is 4.11. The number of rotatable bonds is 3. The molecule has 3 unspecified atom stereocenters. The van der Waals surface area contributed by atoms with Gasteiger partial charge in [0, 0.05) is 5.16 Å². The summed E-state index contributed by atoms with van der Waals surface area (Å²) in [6.07, 6.45) is 5.83. The maximum Gasteiger partial charge on any atom is 0.311 e. The van der Waals surface area contributed by atoms with Gasteiger partial charge in [0.25, 0.3) is 0 Å². The molecule has 1 aliphatic rings. The van der Waals surface area contributed by atoms with Gasteiger partial charge in [0.15, 0.2) is 0 Å². The van der Waals surface area contributed by atoms with E-state index in [1.807, 2.05) is 78.9 Å². The van der Waals surface area contributed by atoms with Crippen LogP contribution in [-0.2, 0) is 9.95 Å². The van der Waals surface area contributed by atoms with Crippen LogP contribution in [0.1, 0.15) is 11.1 Å². The molecule has 3 rings (SSSR count). The maximum absolute atomic E-state index is 11.8. The lowest BCUT2D eigenvalue weighted by Gasteiger charge is -2.34. The smallest absolute Gasteiger partial charge is 0.311 e. The van der Waals surface area contributed by atoms with Crippen molar-refractivity contribution in [3.05, 3.63) is 90.0 Å². The predicted molar refractivity (Wildman–Crippen MR) is 92.5 cm³/mol. The highest BCUT2D eigenvalue weighted by Gasteiger charge is 2.39. The molecule has 0 radical (unpaired) electrons. The number of carbonyl (C=O) groups is 1. The van der Waals surface area contributed by atoms with Gasteiger partial charge in [0.2, 0.25) is 0 Å². The lowest BCUT2D eigenvalue weighted by atomic mass is 9.79. The van der Waals surface area contributed by atoms with Crippen molar-refractivity contribution in [1.82, 2.24) is 0 Å². The lowest BCUT2D eigenvalue weighted by molar-refractivity contribution is -0.140. The summed E-state index contributed by atoms with van der Waals surface area (Å²) in [5.41, 5.74) is 2.96. The second-order valence-electron chi connectivity index (χ2n) is 5.44. The number of allylic oxidation sites excluding steroid dienone is 3. The molecule has 0 saturated heterocycles. The second kappa shape index (κ2) is 5.90. The molecule has 0 heterocycles. The van der Waals surface area contributed by atoms with Gasteiger partial charge in [-0.3, -0.25) is 4.79 Å². The van der Waals surface area contributed by atoms with Crippen molar-refractivity contribution < 1.29 is 9.90 Å². The van der Waals surface area contributed by atoms with Crippen LogP contribution < -0.4 is 0 Å². The van der Waals surface area contributed by atoms with Crippen molar-refractivity contribution in [2.45, 2.75) is 5.16 Å². The van der Waals surface area contributed by atoms with Gasteiger partial charge < -0.3 is 5.11 Å². The highest BCUT2D eigenvalue weighted by atomic mass is 31.0. The molecular weight excluding hydrogens is 291 g/mol. The highest BCUT2D eigenvalue weighted by Crippen LogP contribution is 2.45. The van der Waals surface area contributed by atoms with Gasteiger partial charge in [-0.1, -0.05) is 78.9 Å². The molecule has 3 heteroatoms. The van der Waals surface area contributed by atoms with E-state index in [1.165, 1.54) is 0 Å². The summed E-state index contributed by atoms with van der Waals surface area (Å²) in [6.45, 7) is 0. The van der Waals surface area contributed by atoms with Crippen LogP contribution in [0.4, 0.5) is 0 Å². The Bertz CT molecular complexity index is 735. The van der Waals surface area contributed by atoms with Crippen molar-refractivity contribution in [3.8, 4) is 0 Å². The van der Waals surface area contributed by atoms with Gasteiger partial charge in [-0.25, -0.2) is 0 Å². The second-order valence-corrected chi connectivity index (χ2v) is 6.39. The standard InChI is InChI=1S/C19H17O2P/c20-18(21)17-13-15(14-7-3-1-4-8-14)11-12-19(17,22)16-9-5-2-6-10-16/h1-13,17H,22H2,(H,20,21). The zero-order chi connectivity index (χ0) is 15.6. The monoisotopic (exact) mass is 308 g/mol. The number of hydrogen-bond acceptors (Lipinski definition) is 1. The van der Waals surface area contributed by atoms with E-state index in [0.29, 0.717) is 0 Å². The maximum atomic E-state index is 11.8. The van der Waals surface area contributed by atoms with Crippen LogP contribution in [0.25, 0.3) is 5.57 Å². The van der Waals surface area contributed by atoms with Crippen LogP contribution in [-0.4, -0.2) is 11.1 Å². The van der Waals surface area contributed by atoms with E-state index in [4.69, 9.17) is 0 Å². The molecule has 0 fully saturated rings. The molecular formula is C19H17O2P. The van der Waals surface area contributed by atoms with Crippen LogP contribution in [0.15, 0.2) is 78.9 Å². The number of hydrogen-bond donors (Lipinski definition) is 1. The molecule has 1 N–H and O–H groups in total. The molecule has 0 saturated carbocycles. The summed E-state index contributed by atoms with van der Waals surface area (Å²) in [6, 6.07) is 19.6. The quantitative estimate of drug-likeness (QED) is 0.866. The van der Waals surface area contributed by atoms with Gasteiger partial charge in [-0.15, -0.1) is 9.24 Å². The third kappa shape index (κ3) is 2.63. The summed E-state index contributed by atoms with van der Waals surface area (Å²) in [7, 11) is 2.73. The normalized spacial score (nSPS) is 23.9. The van der Waals surface area contributed by atoms with E-state index in [-0.39, 0.29) is 0 Å². The Morgan fingerprint density at radius 1 is 1.00 bits per heavy atom. The SMILES string of the molecule is O=C(O)C1C=C(c2ccccc2)C=CC1(P)c1ccccc1. The first kappa shape index (κ1) is 14.7. The highest BCUT2D eigenvalue weighted by molar-refractivity contribution is 7.19. The van der Waals surface area contributed by atoms with Crippen LogP contribution >= 0.6 is 9.24 Å². The molecule has 0 aromatic heterocycles. The molecule has 0 aliphatic heterocycles. The molecule has 0 bridgehead atoms. The first-order chi connectivity index (χ1) is 10.6. The lowest BCUT2D eigenvalue weighted by Crippen LogP contribution is -2.33. The van der Waals surface area contributed by atoms with Crippen LogP contribution in [0.2, 0.25) is 0 Å². The summed E-state index contributed by atoms with van der Waals surface area (Å²) in [5, 5.41) is 9.09. The van der Waals surface area contributed by atoms with Crippen molar-refractivity contribution >= 4 is 20.8 Å². The van der Waals surface area contributed by atoms with Crippen LogP contribution in [0.5, 0.6) is 0 Å². The zero-order valence-corrected chi connectivity index (χ0v) is 13.2. The summed E-state index contributed by atoms with van der Waals surface area (Å²) >= 11 is 0. The van der Waals surface area contributed by atoms with Gasteiger partial charge in [0.05, 0.1) is 5.92 Å². The molecule has 3 atom stereocenters. The van der Waals surface area contributed by atoms with E-state index in [0.717, 1.165) is 16.7 Å². The number of carboxylic acid groups (broad SMARTS) is 1. The summed E-state index contributed by atoms with van der Waals surface area (Å²) < 4.78 is 0. The Morgan fingerprint density at radius 3 is 2.18 bits per heavy atom. The summed E-state index contributed by atoms with van der Waals surface area (Å²) in [4.78, 5) is 11.8. The molecule has 0 amide bonds. The first-order valence-corrected chi connectivity index (χ1v) is 7.73. The van der Waals surface area contributed by atoms with Gasteiger partial charge in [0.1, 0.15) is 0 Å². The van der Waals surface area contributed by atoms with Crippen LogP contribution in [0, 0.1) is 5.92 Å². The Labute approximate surface area is 132 Å². The number of aliphatic carboxylic acids is 1. The topological polar surface area (TPSA) is 37.3 Å². The van der Waals surface area contributed by atoms with E-state index < -0.39 is 17.0 Å². The molecule has 1 aliphatic carbocycles. The number of carboxylic acids is 1. The minimum atomic E-state index is -0.823. The van der Waals surface area contributed by atoms with E-state index in [2.05, 4.69) is 9.24 Å². The largest absolute Gasteiger partial charge is 0.481 e. The Morgan fingerprint density at radius 2 is 1.59 bits per heavy atom. The van der Waals surface area contributed by atoms with Crippen molar-refractivity contribution in [2.75, 3.05) is 0 Å². The average Bonchev–Trinajstić information content (AvgIpc) is 2.56. The third-order valence-corrected chi connectivity index (χ3v) is 4.93. The molecule has 2 aromatic rings. The van der Waals surface area contributed by atoms with Crippen LogP contribution in [0.3, 0.4) is 0 Å². The molecule has 110 valence electrons. The van der Waals surface area contributed by atoms with Crippen molar-refractivity contribution in [1.29, 1.82) is 0 Å². The first-order valence-electron chi connectivity index (χ1n) is 7.15. The minimum Gasteiger partial charge on any atom is -0.481 e. The Kier molecular flexibility index (Phi) is 3.96. The third-order valence-electron chi connectivity index (χ3n) is 4.05. The van der Waals surface area contributed by atoms with Crippen molar-refractivity contribution in [3.63, 3.8) is 0 Å².